The molecule has 25 nitrogen and oxygen atoms in total. The molecule has 0 spiro atoms. The van der Waals surface area contributed by atoms with E-state index in [4.69, 9.17) is 17.2 Å². The fourth-order valence-electron chi connectivity index (χ4n) is 16.0. The van der Waals surface area contributed by atoms with Crippen molar-refractivity contribution in [2.75, 3.05) is 119 Å². The standard InChI is InChI=1S/C15H16N4.C14H13N3.C13H11FN4.2C13H13N5.C13H12N4.2Ir/c16-6-8-18-12-3-1-2-4-13(12)19-14-10-17-7-5-11(14)9-15(18)19;1-16-11-4-2-3-5-12(11)17-13-9-15-7-6-10(13)8-14(16)17;1-17-11-6-15-3-2-9(11)18-10-7-16-12(14)4-8(10)5-13(17)18;14-5-8-17-10-18(11-3-1-6-15-9-11)12-4-2-7-16-13(12)17;14-4-7-17-10-18(11-2-1-5-15-8-11)12-3-6-16-9-13(12)17;1-16-12-7-9-4-6-14-8-11(9)17(12)10-3-2-5-15-13(10)16;;/h1-5,7,10,15H,6,8-9,16H2;2-7,9,14H,8H2,1H3;2-4,6-7,13H,5H2,1H3;1-2,4,6-7,9-10H,5,8,14H2;1,3,5-6,8-10H,4,7,14H2;2-6,8,12H,7H2,1H3;;/q;;;2*-2;;;. The van der Waals surface area contributed by atoms with Gasteiger partial charge < -0.3 is 86.0 Å². The third kappa shape index (κ3) is 13.5. The van der Waals surface area contributed by atoms with Crippen molar-refractivity contribution in [1.82, 2.24) is 49.8 Å². The zero-order chi connectivity index (χ0) is 72.7. The van der Waals surface area contributed by atoms with Crippen LogP contribution in [-0.4, -0.2) is 135 Å². The van der Waals surface area contributed by atoms with Crippen LogP contribution in [0.2, 0.25) is 0 Å². The molecule has 4 unspecified atom stereocenters. The largest absolute Gasteiger partial charge is 0.499 e. The van der Waals surface area contributed by atoms with Gasteiger partial charge in [0.1, 0.15) is 30.5 Å². The number of para-hydroxylation sites is 4. The molecule has 28 heteroatoms. The molecular weight excluding hydrogens is 1730 g/mol. The number of hydrogen-bond acceptors (Lipinski definition) is 25. The molecule has 20 heterocycles. The van der Waals surface area contributed by atoms with Crippen LogP contribution >= 0.6 is 0 Å². The van der Waals surface area contributed by atoms with Crippen LogP contribution in [0.1, 0.15) is 22.3 Å². The number of benzene rings is 2. The molecule has 0 fully saturated rings. The first-order chi connectivity index (χ1) is 52.7. The summed E-state index contributed by atoms with van der Waals surface area (Å²) in [6.07, 6.45) is 36.3. The summed E-state index contributed by atoms with van der Waals surface area (Å²) >= 11 is 0. The van der Waals surface area contributed by atoms with E-state index in [0.717, 1.165) is 108 Å². The molecule has 2 aromatic carbocycles. The zero-order valence-corrected chi connectivity index (χ0v) is 64.8. The molecule has 22 rings (SSSR count). The second-order valence-electron chi connectivity index (χ2n) is 26.8. The number of pyridine rings is 10. The molecule has 0 aliphatic carbocycles. The number of aromatic nitrogens is 10. The average molecular weight is 1810 g/mol. The number of halogens is 1. The van der Waals surface area contributed by atoms with Crippen molar-refractivity contribution in [3.63, 3.8) is 0 Å². The minimum Gasteiger partial charge on any atom is -0.499 e. The monoisotopic (exact) mass is 1810 g/mol. The number of likely N-dealkylation sites (N-methyl/N-ethyl adjacent to an activating group) is 3. The van der Waals surface area contributed by atoms with Crippen LogP contribution in [0.15, 0.2) is 227 Å². The van der Waals surface area contributed by atoms with Crippen molar-refractivity contribution >= 4 is 103 Å². The van der Waals surface area contributed by atoms with Crippen molar-refractivity contribution in [2.45, 2.75) is 50.3 Å². The number of nitrogens with two attached hydrogens (primary N) is 3. The first-order valence-electron chi connectivity index (χ1n) is 35.7. The third-order valence-corrected chi connectivity index (χ3v) is 20.8. The minimum atomic E-state index is -0.410. The van der Waals surface area contributed by atoms with Crippen LogP contribution in [0, 0.1) is 31.4 Å². The average Bonchev–Trinajstić information content (AvgIpc) is 1.60. The fraction of sp³-hybridized carbons (Fsp3) is 0.210. The Kier molecular flexibility index (Phi) is 21.4. The molecule has 0 saturated heterocycles. The summed E-state index contributed by atoms with van der Waals surface area (Å²) in [5, 5.41) is 0. The van der Waals surface area contributed by atoms with Crippen LogP contribution < -0.4 is 76.0 Å². The molecule has 2 radical (unpaired) electrons. The Morgan fingerprint density at radius 2 is 0.789 bits per heavy atom. The van der Waals surface area contributed by atoms with E-state index in [1.165, 1.54) is 68.3 Å². The van der Waals surface area contributed by atoms with E-state index < -0.39 is 5.95 Å². The van der Waals surface area contributed by atoms with Crippen LogP contribution in [0.25, 0.3) is 0 Å². The maximum atomic E-state index is 13.2. The molecular formula is C81H78FIr2N25-4. The van der Waals surface area contributed by atoms with E-state index in [0.29, 0.717) is 38.1 Å². The molecule has 0 amide bonds. The van der Waals surface area contributed by atoms with E-state index in [2.05, 4.69) is 193 Å². The summed E-state index contributed by atoms with van der Waals surface area (Å²) in [5.74, 6) is 1.57. The number of nitrogens with zero attached hydrogens (tertiary/aromatic N) is 22. The molecule has 0 saturated carbocycles. The fourth-order valence-corrected chi connectivity index (χ4v) is 16.0. The van der Waals surface area contributed by atoms with Gasteiger partial charge in [-0.2, -0.15) is 42.0 Å². The summed E-state index contributed by atoms with van der Waals surface area (Å²) in [6, 6.07) is 47.0. The Labute approximate surface area is 659 Å². The summed E-state index contributed by atoms with van der Waals surface area (Å²) in [6.45, 7) is 8.22. The second kappa shape index (κ2) is 31.8. The van der Waals surface area contributed by atoms with E-state index in [1.54, 1.807) is 61.7 Å². The molecule has 109 heavy (non-hydrogen) atoms. The van der Waals surface area contributed by atoms with Crippen LogP contribution in [0.3, 0.4) is 0 Å². The Balaban J connectivity index is 0.000000104. The van der Waals surface area contributed by atoms with Gasteiger partial charge in [-0.1, -0.05) is 60.4 Å². The van der Waals surface area contributed by atoms with Gasteiger partial charge in [-0.15, -0.1) is 0 Å². The van der Waals surface area contributed by atoms with E-state index in [9.17, 15) is 4.39 Å². The zero-order valence-electron chi connectivity index (χ0n) is 60.0. The first kappa shape index (κ1) is 73.2. The van der Waals surface area contributed by atoms with Gasteiger partial charge in [0.15, 0.2) is 5.82 Å². The van der Waals surface area contributed by atoms with E-state index in [1.807, 2.05) is 121 Å². The van der Waals surface area contributed by atoms with Gasteiger partial charge in [0.25, 0.3) is 0 Å². The van der Waals surface area contributed by atoms with Crippen LogP contribution in [0.5, 0.6) is 0 Å². The second-order valence-corrected chi connectivity index (χ2v) is 26.8. The number of anilines is 18. The topological polar surface area (TPSA) is 246 Å². The van der Waals surface area contributed by atoms with E-state index >= 15 is 0 Å². The number of hydrogen-bond donors (Lipinski definition) is 3. The normalized spacial score (nSPS) is 17.5. The summed E-state index contributed by atoms with van der Waals surface area (Å²) in [5.41, 5.74) is 40.4. The summed E-state index contributed by atoms with van der Waals surface area (Å²) in [7, 11) is 6.32. The predicted octanol–water partition coefficient (Wildman–Crippen LogP) is 11.1. The molecule has 4 atom stereocenters. The molecule has 556 valence electrons. The van der Waals surface area contributed by atoms with Gasteiger partial charge in [0.05, 0.1) is 99.2 Å². The Hall–Kier alpha value is -11.4. The van der Waals surface area contributed by atoms with Gasteiger partial charge in [0, 0.05) is 187 Å². The summed E-state index contributed by atoms with van der Waals surface area (Å²) in [4.78, 5) is 68.7. The van der Waals surface area contributed by atoms with Gasteiger partial charge >= 0.3 is 0 Å². The van der Waals surface area contributed by atoms with Gasteiger partial charge in [-0.05, 0) is 107 Å². The molecule has 6 N–H and O–H groups in total. The van der Waals surface area contributed by atoms with Gasteiger partial charge in [-0.3, -0.25) is 24.9 Å². The number of rotatable bonds is 8. The van der Waals surface area contributed by atoms with Crippen LogP contribution in [-0.2, 0) is 65.9 Å². The van der Waals surface area contributed by atoms with Gasteiger partial charge in [-0.25, -0.2) is 15.0 Å². The van der Waals surface area contributed by atoms with Crippen molar-refractivity contribution < 1.29 is 44.6 Å². The minimum absolute atomic E-state index is 0. The molecule has 10 aliphatic rings. The molecule has 10 aliphatic heterocycles. The van der Waals surface area contributed by atoms with Crippen molar-refractivity contribution in [2.24, 2.45) is 17.2 Å². The Bertz CT molecular complexity index is 4970. The van der Waals surface area contributed by atoms with Gasteiger partial charge in [0.2, 0.25) is 5.95 Å². The van der Waals surface area contributed by atoms with Crippen LogP contribution in [0.4, 0.5) is 107 Å². The molecule has 12 aromatic rings. The smallest absolute Gasteiger partial charge is 0.213 e. The quantitative estimate of drug-likeness (QED) is 0.0945. The van der Waals surface area contributed by atoms with Crippen molar-refractivity contribution in [3.05, 3.63) is 280 Å². The summed E-state index contributed by atoms with van der Waals surface area (Å²) < 4.78 is 13.2. The molecule has 10 aromatic heterocycles. The maximum Gasteiger partial charge on any atom is 0.213 e. The first-order valence-corrected chi connectivity index (χ1v) is 35.7. The third-order valence-electron chi connectivity index (χ3n) is 20.8. The number of fused-ring (bicyclic) bond motifs is 22. The predicted molar refractivity (Wildman–Crippen MR) is 419 cm³/mol. The Morgan fingerprint density at radius 3 is 1.39 bits per heavy atom. The SMILES string of the molecule is CN1c2ccccc2N2c3cnccc3CC12.CN1c2cnccc2N2c3cnc(F)cc3CC12.CN1c2ncccc2N2c3cnccc3CC12.NCCN1[CH-]N(c2[c-]ccnc2)c2cccnc21.NCCN1[CH-]N(c2[c-]ccnc2)c2ccncc21.NCCN1c2ccccc2N2c3cnccc3CC12.[Ir].[Ir]. The molecule has 0 bridgehead atoms. The van der Waals surface area contributed by atoms with E-state index in [-0.39, 0.29) is 46.4 Å². The maximum absolute atomic E-state index is 13.2. The van der Waals surface area contributed by atoms with Crippen molar-refractivity contribution in [1.29, 1.82) is 0 Å². The Morgan fingerprint density at radius 1 is 0.367 bits per heavy atom. The van der Waals surface area contributed by atoms with Crippen molar-refractivity contribution in [3.8, 4) is 0 Å².